The van der Waals surface area contributed by atoms with Crippen molar-refractivity contribution in [1.82, 2.24) is 9.88 Å². The van der Waals surface area contributed by atoms with Gasteiger partial charge in [-0.2, -0.15) is 13.2 Å². The number of benzene rings is 1. The maximum atomic E-state index is 13.3. The Hall–Kier alpha value is -2.49. The van der Waals surface area contributed by atoms with Crippen LogP contribution in [0.4, 0.5) is 17.6 Å². The van der Waals surface area contributed by atoms with E-state index in [9.17, 15) is 30.8 Å². The van der Waals surface area contributed by atoms with Gasteiger partial charge in [-0.1, -0.05) is 12.1 Å². The predicted octanol–water partition coefficient (Wildman–Crippen LogP) is 3.18. The number of rotatable bonds is 5. The number of sulfone groups is 1. The first-order valence-corrected chi connectivity index (χ1v) is 8.86. The number of amides is 1. The van der Waals surface area contributed by atoms with Crippen LogP contribution in [0.25, 0.3) is 0 Å². The van der Waals surface area contributed by atoms with Crippen LogP contribution in [0.1, 0.15) is 22.8 Å². The number of halogens is 4. The van der Waals surface area contributed by atoms with E-state index in [1.165, 1.54) is 30.3 Å². The number of nitrogens with zero attached hydrogens (tertiary/aromatic N) is 2. The first-order chi connectivity index (χ1) is 12.1. The monoisotopic (exact) mass is 390 g/mol. The van der Waals surface area contributed by atoms with Gasteiger partial charge in [-0.3, -0.25) is 4.79 Å². The Morgan fingerprint density at radius 1 is 1.19 bits per heavy atom. The van der Waals surface area contributed by atoms with Crippen molar-refractivity contribution < 1.29 is 30.8 Å². The minimum atomic E-state index is -5.79. The van der Waals surface area contributed by atoms with Crippen molar-refractivity contribution in [1.29, 1.82) is 0 Å². The lowest BCUT2D eigenvalue weighted by Gasteiger charge is -2.22. The summed E-state index contributed by atoms with van der Waals surface area (Å²) in [5.41, 5.74) is -5.87. The Balaban J connectivity index is 2.43. The van der Waals surface area contributed by atoms with E-state index in [4.69, 9.17) is 0 Å². The van der Waals surface area contributed by atoms with Crippen LogP contribution in [0.3, 0.4) is 0 Å². The van der Waals surface area contributed by atoms with Gasteiger partial charge in [0.15, 0.2) is 5.03 Å². The van der Waals surface area contributed by atoms with Gasteiger partial charge in [-0.25, -0.2) is 17.8 Å². The molecule has 5 nitrogen and oxygen atoms in total. The van der Waals surface area contributed by atoms with E-state index in [0.29, 0.717) is 5.56 Å². The summed E-state index contributed by atoms with van der Waals surface area (Å²) in [6.45, 7) is 1.52. The van der Waals surface area contributed by atoms with Crippen LogP contribution in [0, 0.1) is 5.82 Å². The molecule has 1 amide bonds. The number of carbonyl (C=O) groups is 1. The molecular formula is C16H14F4N2O3S. The SMILES string of the molecule is CCN(Cc1cccc(F)c1)C(=O)c1cccnc1S(=O)(=O)C(F)(F)F. The van der Waals surface area contributed by atoms with E-state index in [0.717, 1.165) is 17.2 Å². The Kier molecular flexibility index (Phi) is 5.65. The van der Waals surface area contributed by atoms with E-state index < -0.39 is 37.7 Å². The molecule has 0 radical (unpaired) electrons. The molecule has 2 rings (SSSR count). The highest BCUT2D eigenvalue weighted by atomic mass is 32.2. The first kappa shape index (κ1) is 19.8. The molecule has 1 aromatic heterocycles. The van der Waals surface area contributed by atoms with Crippen molar-refractivity contribution in [3.05, 3.63) is 59.5 Å². The zero-order valence-corrected chi connectivity index (χ0v) is 14.3. The second-order valence-corrected chi connectivity index (χ2v) is 7.11. The largest absolute Gasteiger partial charge is 0.503 e. The summed E-state index contributed by atoms with van der Waals surface area (Å²) in [6, 6.07) is 7.46. The lowest BCUT2D eigenvalue weighted by molar-refractivity contribution is -0.0438. The second-order valence-electron chi connectivity index (χ2n) is 5.25. The lowest BCUT2D eigenvalue weighted by Crippen LogP contribution is -2.33. The maximum absolute atomic E-state index is 13.3. The molecule has 0 spiro atoms. The van der Waals surface area contributed by atoms with Crippen molar-refractivity contribution in [2.45, 2.75) is 24.0 Å². The number of hydrogen-bond acceptors (Lipinski definition) is 4. The highest BCUT2D eigenvalue weighted by molar-refractivity contribution is 7.92. The fourth-order valence-corrected chi connectivity index (χ4v) is 3.09. The molecule has 1 aromatic carbocycles. The number of aromatic nitrogens is 1. The zero-order valence-electron chi connectivity index (χ0n) is 13.5. The fourth-order valence-electron chi connectivity index (χ4n) is 2.23. The molecule has 10 heteroatoms. The molecule has 2 aromatic rings. The van der Waals surface area contributed by atoms with Crippen molar-refractivity contribution in [2.24, 2.45) is 0 Å². The summed E-state index contributed by atoms with van der Waals surface area (Å²) in [7, 11) is -5.79. The Morgan fingerprint density at radius 3 is 2.46 bits per heavy atom. The quantitative estimate of drug-likeness (QED) is 0.736. The third kappa shape index (κ3) is 4.01. The standard InChI is InChI=1S/C16H14F4N2O3S/c1-2-22(10-11-5-3-6-12(17)9-11)15(23)13-7-4-8-21-14(13)26(24,25)16(18,19)20/h3-9H,2,10H2,1H3. The summed E-state index contributed by atoms with van der Waals surface area (Å²) < 4.78 is 75.2. The summed E-state index contributed by atoms with van der Waals surface area (Å²) in [4.78, 5) is 17.0. The maximum Gasteiger partial charge on any atom is 0.503 e. The zero-order chi connectivity index (χ0) is 19.5. The van der Waals surface area contributed by atoms with Crippen molar-refractivity contribution in [3.63, 3.8) is 0 Å². The molecule has 0 atom stereocenters. The van der Waals surface area contributed by atoms with Gasteiger partial charge in [0.25, 0.3) is 15.7 Å². The normalized spacial score (nSPS) is 12.0. The van der Waals surface area contributed by atoms with Crippen molar-refractivity contribution >= 4 is 15.7 Å². The number of pyridine rings is 1. The number of carbonyl (C=O) groups excluding carboxylic acids is 1. The summed E-state index contributed by atoms with van der Waals surface area (Å²) in [5.74, 6) is -1.49. The van der Waals surface area contributed by atoms with Crippen LogP contribution in [0.15, 0.2) is 47.6 Å². The Bertz CT molecular complexity index is 914. The van der Waals surface area contributed by atoms with Crippen LogP contribution < -0.4 is 0 Å². The van der Waals surface area contributed by atoms with Gasteiger partial charge in [0, 0.05) is 19.3 Å². The molecule has 0 saturated heterocycles. The third-order valence-electron chi connectivity index (χ3n) is 3.49. The molecule has 0 N–H and O–H groups in total. The number of alkyl halides is 3. The second kappa shape index (κ2) is 7.40. The van der Waals surface area contributed by atoms with E-state index in [1.807, 2.05) is 0 Å². The third-order valence-corrected chi connectivity index (χ3v) is 4.94. The highest BCUT2D eigenvalue weighted by Crippen LogP contribution is 2.31. The number of hydrogen-bond donors (Lipinski definition) is 0. The molecular weight excluding hydrogens is 376 g/mol. The Labute approximate surface area is 147 Å². The van der Waals surface area contributed by atoms with Gasteiger partial charge in [-0.05, 0) is 36.8 Å². The van der Waals surface area contributed by atoms with E-state index in [2.05, 4.69) is 4.98 Å². The average Bonchev–Trinajstić information content (AvgIpc) is 2.58. The summed E-state index contributed by atoms with van der Waals surface area (Å²) in [5, 5.41) is -1.35. The summed E-state index contributed by atoms with van der Waals surface area (Å²) in [6.07, 6.45) is 0.859. The van der Waals surface area contributed by atoms with Gasteiger partial charge in [0.2, 0.25) is 0 Å². The summed E-state index contributed by atoms with van der Waals surface area (Å²) >= 11 is 0. The van der Waals surface area contributed by atoms with Gasteiger partial charge >= 0.3 is 5.51 Å². The molecule has 0 saturated carbocycles. The fraction of sp³-hybridized carbons (Fsp3) is 0.250. The molecule has 0 aliphatic carbocycles. The van der Waals surface area contributed by atoms with E-state index >= 15 is 0 Å². The van der Waals surface area contributed by atoms with Crippen LogP contribution in [0.2, 0.25) is 0 Å². The molecule has 0 fully saturated rings. The first-order valence-electron chi connectivity index (χ1n) is 7.38. The van der Waals surface area contributed by atoms with Crippen molar-refractivity contribution in [3.8, 4) is 0 Å². The molecule has 0 bridgehead atoms. The minimum Gasteiger partial charge on any atom is -0.335 e. The van der Waals surface area contributed by atoms with E-state index in [-0.39, 0.29) is 13.1 Å². The van der Waals surface area contributed by atoms with Gasteiger partial charge in [0.05, 0.1) is 5.56 Å². The molecule has 26 heavy (non-hydrogen) atoms. The molecule has 140 valence electrons. The molecule has 0 aliphatic heterocycles. The average molecular weight is 390 g/mol. The highest BCUT2D eigenvalue weighted by Gasteiger charge is 2.49. The minimum absolute atomic E-state index is 0.0652. The Morgan fingerprint density at radius 2 is 1.88 bits per heavy atom. The van der Waals surface area contributed by atoms with Gasteiger partial charge < -0.3 is 4.90 Å². The van der Waals surface area contributed by atoms with E-state index in [1.54, 1.807) is 6.92 Å². The van der Waals surface area contributed by atoms with Gasteiger partial charge in [0.1, 0.15) is 5.82 Å². The smallest absolute Gasteiger partial charge is 0.335 e. The van der Waals surface area contributed by atoms with Crippen LogP contribution in [-0.2, 0) is 16.4 Å². The molecule has 1 heterocycles. The van der Waals surface area contributed by atoms with Gasteiger partial charge in [-0.15, -0.1) is 0 Å². The lowest BCUT2D eigenvalue weighted by atomic mass is 10.2. The molecule has 0 aliphatic rings. The topological polar surface area (TPSA) is 67.3 Å². The van der Waals surface area contributed by atoms with Crippen molar-refractivity contribution in [2.75, 3.05) is 6.54 Å². The predicted molar refractivity (Wildman–Crippen MR) is 84.3 cm³/mol. The van der Waals surface area contributed by atoms with Crippen LogP contribution in [0.5, 0.6) is 0 Å². The van der Waals surface area contributed by atoms with Crippen LogP contribution >= 0.6 is 0 Å². The molecule has 0 unspecified atom stereocenters. The van der Waals surface area contributed by atoms with Crippen LogP contribution in [-0.4, -0.2) is 36.3 Å².